The van der Waals surface area contributed by atoms with Crippen molar-refractivity contribution in [1.82, 2.24) is 4.90 Å². The maximum atomic E-state index is 5.88. The molecule has 0 spiro atoms. The molecule has 1 unspecified atom stereocenters. The van der Waals surface area contributed by atoms with Gasteiger partial charge in [-0.05, 0) is 24.9 Å². The van der Waals surface area contributed by atoms with Crippen molar-refractivity contribution in [2.45, 2.75) is 51.6 Å². The number of nitrogens with zero attached hydrogens (tertiary/aromatic N) is 1. The van der Waals surface area contributed by atoms with Crippen LogP contribution in [0.3, 0.4) is 0 Å². The zero-order chi connectivity index (χ0) is 12.5. The molecule has 2 nitrogen and oxygen atoms in total. The molecule has 0 aliphatic rings. The minimum absolute atomic E-state index is 0.536. The summed E-state index contributed by atoms with van der Waals surface area (Å²) in [5.41, 5.74) is 5.88. The van der Waals surface area contributed by atoms with E-state index in [0.29, 0.717) is 6.04 Å². The first-order valence-electron chi connectivity index (χ1n) is 6.70. The van der Waals surface area contributed by atoms with E-state index in [1.807, 2.05) is 11.3 Å². The first-order chi connectivity index (χ1) is 8.27. The average molecular weight is 254 g/mol. The largest absolute Gasteiger partial charge is 0.329 e. The lowest BCUT2D eigenvalue weighted by atomic mass is 10.1. The lowest BCUT2D eigenvalue weighted by molar-refractivity contribution is 0.224. The Morgan fingerprint density at radius 1 is 1.35 bits per heavy atom. The second-order valence-electron chi connectivity index (χ2n) is 4.73. The smallest absolute Gasteiger partial charge is 0.0328 e. The third kappa shape index (κ3) is 5.66. The average Bonchev–Trinajstić information content (AvgIpc) is 2.82. The van der Waals surface area contributed by atoms with Crippen molar-refractivity contribution in [2.75, 3.05) is 13.6 Å². The molecule has 3 heteroatoms. The molecule has 0 aliphatic heterocycles. The highest BCUT2D eigenvalue weighted by atomic mass is 32.1. The summed E-state index contributed by atoms with van der Waals surface area (Å²) in [6.07, 6.45) is 6.55. The third-order valence-corrected chi connectivity index (χ3v) is 4.13. The Labute approximate surface area is 110 Å². The molecule has 0 bridgehead atoms. The van der Waals surface area contributed by atoms with Gasteiger partial charge in [0.15, 0.2) is 0 Å². The Bertz CT molecular complexity index is 272. The van der Waals surface area contributed by atoms with Gasteiger partial charge in [-0.15, -0.1) is 11.3 Å². The second kappa shape index (κ2) is 8.67. The molecule has 0 aliphatic carbocycles. The quantitative estimate of drug-likeness (QED) is 0.684. The van der Waals surface area contributed by atoms with Crippen LogP contribution in [0.2, 0.25) is 0 Å². The van der Waals surface area contributed by atoms with Crippen molar-refractivity contribution in [1.29, 1.82) is 0 Å². The van der Waals surface area contributed by atoms with Gasteiger partial charge in [-0.3, -0.25) is 4.90 Å². The summed E-state index contributed by atoms with van der Waals surface area (Å²) in [6, 6.07) is 4.85. The van der Waals surface area contributed by atoms with E-state index < -0.39 is 0 Å². The molecule has 1 rings (SSSR count). The molecule has 17 heavy (non-hydrogen) atoms. The Morgan fingerprint density at radius 3 is 2.76 bits per heavy atom. The minimum Gasteiger partial charge on any atom is -0.329 e. The summed E-state index contributed by atoms with van der Waals surface area (Å²) in [5.74, 6) is 0. The zero-order valence-electron chi connectivity index (χ0n) is 11.2. The van der Waals surface area contributed by atoms with Crippen molar-refractivity contribution < 1.29 is 0 Å². The van der Waals surface area contributed by atoms with Gasteiger partial charge < -0.3 is 5.73 Å². The summed E-state index contributed by atoms with van der Waals surface area (Å²) < 4.78 is 0. The molecule has 1 aromatic rings. The molecule has 1 aromatic heterocycles. The number of nitrogens with two attached hydrogens (primary N) is 1. The summed E-state index contributed by atoms with van der Waals surface area (Å²) in [6.45, 7) is 4.06. The second-order valence-corrected chi connectivity index (χ2v) is 5.77. The van der Waals surface area contributed by atoms with E-state index in [1.165, 1.54) is 37.0 Å². The molecule has 0 fully saturated rings. The number of hydrogen-bond acceptors (Lipinski definition) is 3. The van der Waals surface area contributed by atoms with E-state index >= 15 is 0 Å². The molecule has 1 heterocycles. The van der Waals surface area contributed by atoms with Gasteiger partial charge in [0.1, 0.15) is 0 Å². The van der Waals surface area contributed by atoms with Gasteiger partial charge in [-0.25, -0.2) is 0 Å². The lowest BCUT2D eigenvalue weighted by Gasteiger charge is -2.26. The predicted octanol–water partition coefficient (Wildman–Crippen LogP) is 3.48. The van der Waals surface area contributed by atoms with Gasteiger partial charge in [-0.2, -0.15) is 0 Å². The molecule has 0 saturated carbocycles. The Morgan fingerprint density at radius 2 is 2.18 bits per heavy atom. The summed E-state index contributed by atoms with van der Waals surface area (Å²) in [7, 11) is 2.19. The van der Waals surface area contributed by atoms with Gasteiger partial charge in [-0.1, -0.05) is 38.7 Å². The summed E-state index contributed by atoms with van der Waals surface area (Å²) in [5, 5.41) is 2.14. The van der Waals surface area contributed by atoms with Crippen molar-refractivity contribution in [3.63, 3.8) is 0 Å². The fourth-order valence-electron chi connectivity index (χ4n) is 2.10. The first-order valence-corrected chi connectivity index (χ1v) is 7.58. The van der Waals surface area contributed by atoms with Gasteiger partial charge in [0.2, 0.25) is 0 Å². The van der Waals surface area contributed by atoms with Crippen LogP contribution >= 0.6 is 11.3 Å². The van der Waals surface area contributed by atoms with Crippen LogP contribution in [0.4, 0.5) is 0 Å². The first kappa shape index (κ1) is 14.7. The van der Waals surface area contributed by atoms with Crippen LogP contribution in [-0.4, -0.2) is 24.5 Å². The zero-order valence-corrected chi connectivity index (χ0v) is 12.0. The minimum atomic E-state index is 0.536. The fraction of sp³-hybridized carbons (Fsp3) is 0.714. The monoisotopic (exact) mass is 254 g/mol. The van der Waals surface area contributed by atoms with Crippen LogP contribution < -0.4 is 5.73 Å². The lowest BCUT2D eigenvalue weighted by Crippen LogP contribution is -2.37. The van der Waals surface area contributed by atoms with Crippen LogP contribution in [0.1, 0.15) is 43.9 Å². The summed E-state index contributed by atoms with van der Waals surface area (Å²) in [4.78, 5) is 3.83. The highest BCUT2D eigenvalue weighted by Crippen LogP contribution is 2.15. The van der Waals surface area contributed by atoms with Gasteiger partial charge >= 0.3 is 0 Å². The van der Waals surface area contributed by atoms with Crippen LogP contribution in [0.5, 0.6) is 0 Å². The van der Waals surface area contributed by atoms with Crippen molar-refractivity contribution in [2.24, 2.45) is 5.73 Å². The van der Waals surface area contributed by atoms with Crippen LogP contribution in [0, 0.1) is 0 Å². The van der Waals surface area contributed by atoms with E-state index in [0.717, 1.165) is 13.1 Å². The molecular weight excluding hydrogens is 228 g/mol. The van der Waals surface area contributed by atoms with E-state index in [1.54, 1.807) is 0 Å². The maximum Gasteiger partial charge on any atom is 0.0328 e. The molecular formula is C14H26N2S. The SMILES string of the molecule is CCCCCCC(CN)N(C)Cc1cccs1. The Kier molecular flexibility index (Phi) is 7.49. The predicted molar refractivity (Wildman–Crippen MR) is 77.4 cm³/mol. The van der Waals surface area contributed by atoms with E-state index in [9.17, 15) is 0 Å². The van der Waals surface area contributed by atoms with Crippen LogP contribution in [0.15, 0.2) is 17.5 Å². The van der Waals surface area contributed by atoms with Crippen molar-refractivity contribution >= 4 is 11.3 Å². The number of likely N-dealkylation sites (N-methyl/N-ethyl adjacent to an activating group) is 1. The molecule has 0 aromatic carbocycles. The standard InChI is InChI=1S/C14H26N2S/c1-3-4-5-6-8-13(11-15)16(2)12-14-9-7-10-17-14/h7,9-10,13H,3-6,8,11-12,15H2,1-2H3. The molecule has 0 amide bonds. The van der Waals surface area contributed by atoms with E-state index in [4.69, 9.17) is 5.73 Å². The number of unbranched alkanes of at least 4 members (excludes halogenated alkanes) is 3. The van der Waals surface area contributed by atoms with Gasteiger partial charge in [0.05, 0.1) is 0 Å². The number of thiophene rings is 1. The molecule has 98 valence electrons. The van der Waals surface area contributed by atoms with Crippen LogP contribution in [0.25, 0.3) is 0 Å². The summed E-state index contributed by atoms with van der Waals surface area (Å²) >= 11 is 1.83. The molecule has 0 saturated heterocycles. The third-order valence-electron chi connectivity index (χ3n) is 3.27. The maximum absolute atomic E-state index is 5.88. The molecule has 2 N–H and O–H groups in total. The van der Waals surface area contributed by atoms with Crippen molar-refractivity contribution in [3.8, 4) is 0 Å². The topological polar surface area (TPSA) is 29.3 Å². The number of hydrogen-bond donors (Lipinski definition) is 1. The van der Waals surface area contributed by atoms with Crippen LogP contribution in [-0.2, 0) is 6.54 Å². The van der Waals surface area contributed by atoms with Gasteiger partial charge in [0, 0.05) is 24.0 Å². The highest BCUT2D eigenvalue weighted by Gasteiger charge is 2.13. The fourth-order valence-corrected chi connectivity index (χ4v) is 2.87. The highest BCUT2D eigenvalue weighted by molar-refractivity contribution is 7.09. The number of rotatable bonds is 9. The Balaban J connectivity index is 2.28. The van der Waals surface area contributed by atoms with E-state index in [-0.39, 0.29) is 0 Å². The van der Waals surface area contributed by atoms with E-state index in [2.05, 4.69) is 36.4 Å². The molecule has 0 radical (unpaired) electrons. The molecule has 1 atom stereocenters. The Hall–Kier alpha value is -0.380. The van der Waals surface area contributed by atoms with Crippen molar-refractivity contribution in [3.05, 3.63) is 22.4 Å². The normalized spacial score (nSPS) is 13.2. The van der Waals surface area contributed by atoms with Gasteiger partial charge in [0.25, 0.3) is 0 Å².